The van der Waals surface area contributed by atoms with Gasteiger partial charge in [0.05, 0.1) is 11.8 Å². The molecule has 0 saturated carbocycles. The number of hydrogen-bond donors (Lipinski definition) is 3. The number of halogens is 2. The first-order chi connectivity index (χ1) is 9.97. The van der Waals surface area contributed by atoms with E-state index in [2.05, 4.69) is 25.7 Å². The summed E-state index contributed by atoms with van der Waals surface area (Å²) in [6.45, 7) is 3.71. The topological polar surface area (TPSA) is 98.0 Å². The van der Waals surface area contributed by atoms with Crippen molar-refractivity contribution >= 4 is 40.2 Å². The van der Waals surface area contributed by atoms with Crippen LogP contribution in [0.3, 0.4) is 0 Å². The Bertz CT molecular complexity index is 639. The maximum absolute atomic E-state index is 13.1. The van der Waals surface area contributed by atoms with Gasteiger partial charge in [-0.05, 0) is 54.6 Å². The maximum Gasteiger partial charge on any atom is 0.323 e. The fourth-order valence-electron chi connectivity index (χ4n) is 1.45. The second-order valence-corrected chi connectivity index (χ2v) is 5.49. The van der Waals surface area contributed by atoms with Gasteiger partial charge in [0.15, 0.2) is 0 Å². The largest absolute Gasteiger partial charge is 0.461 e. The molecule has 0 radical (unpaired) electrons. The van der Waals surface area contributed by atoms with E-state index in [0.717, 1.165) is 0 Å². The number of nitrogen functional groups attached to an aromatic ring is 1. The molecule has 0 fully saturated rings. The molecule has 0 spiro atoms. The lowest BCUT2D eigenvalue weighted by molar-refractivity contribution is 0.222. The number of anilines is 3. The number of nitrogens with zero attached hydrogens (tertiary/aromatic N) is 3. The Balaban J connectivity index is 2.29. The normalized spacial score (nSPS) is 10.6. The average molecular weight is 404 g/mol. The first kappa shape index (κ1) is 15.6. The number of ether oxygens (including phenoxy) is 1. The molecule has 9 heteroatoms. The number of aromatic nitrogens is 3. The van der Waals surface area contributed by atoms with Crippen molar-refractivity contribution < 1.29 is 9.13 Å². The molecule has 1 aromatic carbocycles. The minimum atomic E-state index is -0.311. The van der Waals surface area contributed by atoms with Crippen molar-refractivity contribution in [2.75, 3.05) is 10.7 Å². The number of hydrazine groups is 1. The van der Waals surface area contributed by atoms with Crippen molar-refractivity contribution in [2.24, 2.45) is 5.84 Å². The van der Waals surface area contributed by atoms with Crippen molar-refractivity contribution in [1.82, 2.24) is 15.0 Å². The molecule has 0 amide bonds. The highest BCUT2D eigenvalue weighted by Gasteiger charge is 2.10. The molecular weight excluding hydrogens is 390 g/mol. The molecule has 0 aliphatic carbocycles. The Hall–Kier alpha value is -1.75. The Morgan fingerprint density at radius 3 is 2.57 bits per heavy atom. The molecule has 0 aliphatic heterocycles. The standard InChI is InChI=1S/C12H14FIN6O/c1-6(2)21-12-18-10(17-11(19-12)20-15)16-9-4-3-7(13)5-8(9)14/h3-6H,15H2,1-2H3,(H2,16,17,18,19,20). The predicted molar refractivity (Wildman–Crippen MR) is 85.8 cm³/mol. The van der Waals surface area contributed by atoms with Gasteiger partial charge < -0.3 is 10.1 Å². The van der Waals surface area contributed by atoms with Crippen LogP contribution < -0.4 is 21.3 Å². The van der Waals surface area contributed by atoms with Crippen LogP contribution in [-0.4, -0.2) is 21.1 Å². The van der Waals surface area contributed by atoms with E-state index in [0.29, 0.717) is 9.26 Å². The van der Waals surface area contributed by atoms with E-state index >= 15 is 0 Å². The van der Waals surface area contributed by atoms with Crippen LogP contribution in [0.2, 0.25) is 0 Å². The molecule has 1 heterocycles. The molecule has 112 valence electrons. The van der Waals surface area contributed by atoms with Crippen LogP contribution in [0.4, 0.5) is 22.0 Å². The second kappa shape index (κ2) is 6.80. The van der Waals surface area contributed by atoms with Gasteiger partial charge in [-0.15, -0.1) is 0 Å². The smallest absolute Gasteiger partial charge is 0.323 e. The maximum atomic E-state index is 13.1. The van der Waals surface area contributed by atoms with E-state index in [1.807, 2.05) is 36.4 Å². The quantitative estimate of drug-likeness (QED) is 0.400. The number of rotatable bonds is 5. The van der Waals surface area contributed by atoms with Crippen LogP contribution in [0.25, 0.3) is 0 Å². The van der Waals surface area contributed by atoms with Crippen molar-refractivity contribution in [3.05, 3.63) is 27.6 Å². The van der Waals surface area contributed by atoms with Gasteiger partial charge in [0.2, 0.25) is 11.9 Å². The lowest BCUT2D eigenvalue weighted by Gasteiger charge is -2.11. The second-order valence-electron chi connectivity index (χ2n) is 4.33. The summed E-state index contributed by atoms with van der Waals surface area (Å²) in [6.07, 6.45) is -0.0863. The van der Waals surface area contributed by atoms with Crippen LogP contribution in [0.5, 0.6) is 6.01 Å². The summed E-state index contributed by atoms with van der Waals surface area (Å²) in [6, 6.07) is 4.49. The Morgan fingerprint density at radius 1 is 1.24 bits per heavy atom. The van der Waals surface area contributed by atoms with Crippen LogP contribution in [0, 0.1) is 9.39 Å². The summed E-state index contributed by atoms with van der Waals surface area (Å²) in [5.41, 5.74) is 3.01. The first-order valence-electron chi connectivity index (χ1n) is 6.09. The summed E-state index contributed by atoms with van der Waals surface area (Å²) in [4.78, 5) is 12.2. The minimum absolute atomic E-state index is 0.0863. The van der Waals surface area contributed by atoms with Crippen LogP contribution >= 0.6 is 22.6 Å². The van der Waals surface area contributed by atoms with E-state index in [-0.39, 0.29) is 29.8 Å². The van der Waals surface area contributed by atoms with Crippen LogP contribution in [-0.2, 0) is 0 Å². The van der Waals surface area contributed by atoms with Crippen LogP contribution in [0.1, 0.15) is 13.8 Å². The molecule has 0 atom stereocenters. The Morgan fingerprint density at radius 2 is 1.95 bits per heavy atom. The first-order valence-corrected chi connectivity index (χ1v) is 7.17. The number of benzene rings is 1. The highest BCUT2D eigenvalue weighted by atomic mass is 127. The van der Waals surface area contributed by atoms with E-state index < -0.39 is 0 Å². The molecule has 1 aromatic heterocycles. The summed E-state index contributed by atoms with van der Waals surface area (Å²) < 4.78 is 19.2. The molecule has 0 bridgehead atoms. The van der Waals surface area contributed by atoms with Crippen molar-refractivity contribution in [3.8, 4) is 6.01 Å². The van der Waals surface area contributed by atoms with Crippen molar-refractivity contribution in [1.29, 1.82) is 0 Å². The summed E-state index contributed by atoms with van der Waals surface area (Å²) in [5, 5.41) is 2.98. The molecule has 0 aliphatic rings. The fraction of sp³-hybridized carbons (Fsp3) is 0.250. The summed E-state index contributed by atoms with van der Waals surface area (Å²) >= 11 is 2.01. The number of nitrogens with two attached hydrogens (primary N) is 1. The third kappa shape index (κ3) is 4.36. The van der Waals surface area contributed by atoms with Gasteiger partial charge >= 0.3 is 6.01 Å². The highest BCUT2D eigenvalue weighted by Crippen LogP contribution is 2.23. The zero-order valence-corrected chi connectivity index (χ0v) is 13.6. The van der Waals surface area contributed by atoms with E-state index in [1.165, 1.54) is 12.1 Å². The minimum Gasteiger partial charge on any atom is -0.461 e. The Labute approximate surface area is 134 Å². The summed E-state index contributed by atoms with van der Waals surface area (Å²) in [7, 11) is 0. The third-order valence-corrected chi connectivity index (χ3v) is 3.16. The lowest BCUT2D eigenvalue weighted by atomic mass is 10.3. The van der Waals surface area contributed by atoms with Gasteiger partial charge in [-0.1, -0.05) is 0 Å². The van der Waals surface area contributed by atoms with Crippen molar-refractivity contribution in [2.45, 2.75) is 20.0 Å². The van der Waals surface area contributed by atoms with E-state index in [4.69, 9.17) is 10.6 Å². The molecule has 2 rings (SSSR count). The van der Waals surface area contributed by atoms with E-state index in [9.17, 15) is 4.39 Å². The SMILES string of the molecule is CC(C)Oc1nc(NN)nc(Nc2ccc(F)cc2I)n1. The van der Waals surface area contributed by atoms with E-state index in [1.54, 1.807) is 6.07 Å². The average Bonchev–Trinajstić information content (AvgIpc) is 2.41. The van der Waals surface area contributed by atoms with Gasteiger partial charge in [0.25, 0.3) is 0 Å². The Kier molecular flexibility index (Phi) is 5.07. The summed E-state index contributed by atoms with van der Waals surface area (Å²) in [5.74, 6) is 5.43. The zero-order chi connectivity index (χ0) is 15.4. The van der Waals surface area contributed by atoms with Gasteiger partial charge in [-0.25, -0.2) is 10.2 Å². The molecule has 4 N–H and O–H groups in total. The third-order valence-electron chi connectivity index (χ3n) is 2.26. The molecular formula is C12H14FIN6O. The molecule has 0 unspecified atom stereocenters. The van der Waals surface area contributed by atoms with Gasteiger partial charge in [0, 0.05) is 3.57 Å². The zero-order valence-electron chi connectivity index (χ0n) is 11.4. The van der Waals surface area contributed by atoms with Crippen molar-refractivity contribution in [3.63, 3.8) is 0 Å². The molecule has 2 aromatic rings. The van der Waals surface area contributed by atoms with Gasteiger partial charge in [0.1, 0.15) is 5.82 Å². The predicted octanol–water partition coefficient (Wildman–Crippen LogP) is 2.43. The molecule has 7 nitrogen and oxygen atoms in total. The molecule has 0 saturated heterocycles. The molecule has 21 heavy (non-hydrogen) atoms. The van der Waals surface area contributed by atoms with Crippen LogP contribution in [0.15, 0.2) is 18.2 Å². The van der Waals surface area contributed by atoms with Gasteiger partial charge in [-0.2, -0.15) is 15.0 Å². The number of hydrogen-bond acceptors (Lipinski definition) is 7. The highest BCUT2D eigenvalue weighted by molar-refractivity contribution is 14.1. The lowest BCUT2D eigenvalue weighted by Crippen LogP contribution is -2.15. The monoisotopic (exact) mass is 404 g/mol. The number of nitrogens with one attached hydrogen (secondary N) is 2. The van der Waals surface area contributed by atoms with Gasteiger partial charge in [-0.3, -0.25) is 5.43 Å². The fourth-order valence-corrected chi connectivity index (χ4v) is 2.06.